The highest BCUT2D eigenvalue weighted by molar-refractivity contribution is 5.91. The Morgan fingerprint density at radius 2 is 1.65 bits per heavy atom. The fourth-order valence-corrected chi connectivity index (χ4v) is 5.04. The number of hydrogen-bond donors (Lipinski definition) is 2. The van der Waals surface area contributed by atoms with Crippen LogP contribution in [0.2, 0.25) is 0 Å². The van der Waals surface area contributed by atoms with Gasteiger partial charge in [-0.05, 0) is 64.0 Å². The molecule has 1 unspecified atom stereocenters. The number of para-hydroxylation sites is 2. The zero-order chi connectivity index (χ0) is 27.2. The van der Waals surface area contributed by atoms with Crippen LogP contribution in [0.25, 0.3) is 0 Å². The first-order valence-corrected chi connectivity index (χ1v) is 12.9. The summed E-state index contributed by atoms with van der Waals surface area (Å²) < 4.78 is 10.7. The number of esters is 1. The molecule has 1 atom stereocenters. The topological polar surface area (TPSA) is 117 Å². The van der Waals surface area contributed by atoms with Gasteiger partial charge in [0.05, 0.1) is 12.8 Å². The SMILES string of the molecule is COc1ccccc1NC(=O)N1CCC2(CC1)CCN(C(=O)C(CCC(=O)OC(C)(C)C)NC(C)=O)C2. The molecule has 10 nitrogen and oxygen atoms in total. The number of carbonyl (C=O) groups is 4. The van der Waals surface area contributed by atoms with E-state index in [0.29, 0.717) is 37.6 Å². The molecule has 204 valence electrons. The molecule has 3 rings (SSSR count). The van der Waals surface area contributed by atoms with Crippen molar-refractivity contribution in [2.45, 2.75) is 71.4 Å². The lowest BCUT2D eigenvalue weighted by molar-refractivity contribution is -0.155. The van der Waals surface area contributed by atoms with E-state index < -0.39 is 17.6 Å². The maximum Gasteiger partial charge on any atom is 0.321 e. The van der Waals surface area contributed by atoms with Crippen LogP contribution in [0.15, 0.2) is 24.3 Å². The second kappa shape index (κ2) is 11.8. The zero-order valence-electron chi connectivity index (χ0n) is 22.6. The number of likely N-dealkylation sites (tertiary alicyclic amines) is 2. The van der Waals surface area contributed by atoms with Crippen molar-refractivity contribution in [3.05, 3.63) is 24.3 Å². The van der Waals surface area contributed by atoms with Gasteiger partial charge in [0.15, 0.2) is 0 Å². The summed E-state index contributed by atoms with van der Waals surface area (Å²) in [7, 11) is 1.57. The molecule has 1 aromatic carbocycles. The van der Waals surface area contributed by atoms with Crippen molar-refractivity contribution in [1.82, 2.24) is 15.1 Å². The summed E-state index contributed by atoms with van der Waals surface area (Å²) in [4.78, 5) is 53.7. The van der Waals surface area contributed by atoms with Crippen molar-refractivity contribution >= 4 is 29.5 Å². The lowest BCUT2D eigenvalue weighted by Gasteiger charge is -2.39. The van der Waals surface area contributed by atoms with Crippen molar-refractivity contribution in [1.29, 1.82) is 0 Å². The van der Waals surface area contributed by atoms with Crippen LogP contribution in [0.4, 0.5) is 10.5 Å². The Labute approximate surface area is 219 Å². The average molecular weight is 517 g/mol. The fourth-order valence-electron chi connectivity index (χ4n) is 5.04. The second-order valence-electron chi connectivity index (χ2n) is 11.0. The number of methoxy groups -OCH3 is 1. The number of urea groups is 1. The Morgan fingerprint density at radius 3 is 2.24 bits per heavy atom. The number of ether oxygens (including phenoxy) is 2. The molecule has 0 bridgehead atoms. The van der Waals surface area contributed by atoms with Crippen molar-refractivity contribution in [3.8, 4) is 5.75 Å². The number of rotatable bonds is 7. The summed E-state index contributed by atoms with van der Waals surface area (Å²) in [6.45, 7) is 9.10. The highest BCUT2D eigenvalue weighted by atomic mass is 16.6. The molecule has 10 heteroatoms. The Kier molecular flexibility index (Phi) is 9.04. The lowest BCUT2D eigenvalue weighted by atomic mass is 9.78. The van der Waals surface area contributed by atoms with Gasteiger partial charge in [0, 0.05) is 39.5 Å². The van der Waals surface area contributed by atoms with Gasteiger partial charge in [-0.2, -0.15) is 0 Å². The molecule has 1 spiro atoms. The van der Waals surface area contributed by atoms with E-state index in [-0.39, 0.29) is 36.1 Å². The summed E-state index contributed by atoms with van der Waals surface area (Å²) >= 11 is 0. The van der Waals surface area contributed by atoms with E-state index in [2.05, 4.69) is 10.6 Å². The Hall–Kier alpha value is -3.30. The summed E-state index contributed by atoms with van der Waals surface area (Å²) in [6.07, 6.45) is 2.66. The molecule has 4 amide bonds. The minimum Gasteiger partial charge on any atom is -0.495 e. The van der Waals surface area contributed by atoms with Crippen LogP contribution in [0.1, 0.15) is 59.8 Å². The van der Waals surface area contributed by atoms with Gasteiger partial charge in [0.25, 0.3) is 0 Å². The van der Waals surface area contributed by atoms with E-state index in [1.165, 1.54) is 6.92 Å². The third-order valence-electron chi connectivity index (χ3n) is 6.94. The number of hydrogen-bond acceptors (Lipinski definition) is 6. The quantitative estimate of drug-likeness (QED) is 0.538. The summed E-state index contributed by atoms with van der Waals surface area (Å²) in [5, 5.41) is 5.64. The van der Waals surface area contributed by atoms with Gasteiger partial charge in [0.1, 0.15) is 17.4 Å². The van der Waals surface area contributed by atoms with E-state index in [9.17, 15) is 19.2 Å². The van der Waals surface area contributed by atoms with E-state index >= 15 is 0 Å². The first-order chi connectivity index (χ1) is 17.4. The Balaban J connectivity index is 1.54. The van der Waals surface area contributed by atoms with Crippen molar-refractivity contribution in [2.24, 2.45) is 5.41 Å². The van der Waals surface area contributed by atoms with E-state index in [0.717, 1.165) is 19.3 Å². The van der Waals surface area contributed by atoms with E-state index in [1.807, 2.05) is 12.1 Å². The first kappa shape index (κ1) is 28.3. The molecule has 2 aliphatic rings. The van der Waals surface area contributed by atoms with Crippen LogP contribution < -0.4 is 15.4 Å². The molecule has 0 aromatic heterocycles. The fraction of sp³-hybridized carbons (Fsp3) is 0.630. The predicted octanol–water partition coefficient (Wildman–Crippen LogP) is 3.17. The lowest BCUT2D eigenvalue weighted by Crippen LogP contribution is -2.49. The molecule has 2 heterocycles. The van der Waals surface area contributed by atoms with Crippen molar-refractivity contribution < 1.29 is 28.7 Å². The maximum atomic E-state index is 13.3. The molecule has 0 saturated carbocycles. The molecule has 0 aliphatic carbocycles. The maximum absolute atomic E-state index is 13.3. The van der Waals surface area contributed by atoms with Gasteiger partial charge < -0.3 is 29.9 Å². The van der Waals surface area contributed by atoms with Crippen LogP contribution >= 0.6 is 0 Å². The summed E-state index contributed by atoms with van der Waals surface area (Å²) in [6, 6.07) is 6.35. The van der Waals surface area contributed by atoms with Crippen molar-refractivity contribution in [3.63, 3.8) is 0 Å². The molecule has 2 aliphatic heterocycles. The Morgan fingerprint density at radius 1 is 1.03 bits per heavy atom. The standard InChI is InChI=1S/C27H40N4O6/c1-19(32)28-21(10-11-23(33)37-26(2,3)4)24(34)31-17-14-27(18-31)12-15-30(16-13-27)25(35)29-20-8-6-7-9-22(20)36-5/h6-9,21H,10-18H2,1-5H3,(H,28,32)(H,29,35). The number of nitrogens with one attached hydrogen (secondary N) is 2. The van der Waals surface area contributed by atoms with Gasteiger partial charge in [0.2, 0.25) is 11.8 Å². The minimum absolute atomic E-state index is 0.0449. The van der Waals surface area contributed by atoms with Crippen LogP contribution in [-0.4, -0.2) is 78.5 Å². The summed E-state index contributed by atoms with van der Waals surface area (Å²) in [5.74, 6) is -0.278. The normalized spacial score (nSPS) is 17.8. The van der Waals surface area contributed by atoms with Crippen LogP contribution in [0.3, 0.4) is 0 Å². The number of carbonyl (C=O) groups excluding carboxylic acids is 4. The molecule has 2 N–H and O–H groups in total. The first-order valence-electron chi connectivity index (χ1n) is 12.9. The van der Waals surface area contributed by atoms with Gasteiger partial charge in [-0.3, -0.25) is 14.4 Å². The average Bonchev–Trinajstić information content (AvgIpc) is 3.24. The highest BCUT2D eigenvalue weighted by Crippen LogP contribution is 2.41. The number of amides is 4. The van der Waals surface area contributed by atoms with Crippen LogP contribution in [-0.2, 0) is 19.1 Å². The molecule has 37 heavy (non-hydrogen) atoms. The van der Waals surface area contributed by atoms with Gasteiger partial charge in [-0.15, -0.1) is 0 Å². The number of piperidine rings is 1. The summed E-state index contributed by atoms with van der Waals surface area (Å²) in [5.41, 5.74) is -0.0310. The van der Waals surface area contributed by atoms with E-state index in [4.69, 9.17) is 9.47 Å². The molecule has 2 fully saturated rings. The number of anilines is 1. The van der Waals surface area contributed by atoms with Gasteiger partial charge in [-0.1, -0.05) is 12.1 Å². The minimum atomic E-state index is -0.771. The number of benzene rings is 1. The molecular weight excluding hydrogens is 476 g/mol. The largest absolute Gasteiger partial charge is 0.495 e. The van der Waals surface area contributed by atoms with Crippen LogP contribution in [0.5, 0.6) is 5.75 Å². The van der Waals surface area contributed by atoms with E-state index in [1.54, 1.807) is 49.8 Å². The number of nitrogens with zero attached hydrogens (tertiary/aromatic N) is 2. The van der Waals surface area contributed by atoms with Gasteiger partial charge in [-0.25, -0.2) is 4.79 Å². The molecule has 1 aromatic rings. The highest BCUT2D eigenvalue weighted by Gasteiger charge is 2.44. The third kappa shape index (κ3) is 7.84. The second-order valence-corrected chi connectivity index (χ2v) is 11.0. The van der Waals surface area contributed by atoms with Crippen molar-refractivity contribution in [2.75, 3.05) is 38.6 Å². The predicted molar refractivity (Wildman–Crippen MR) is 139 cm³/mol. The molecular formula is C27H40N4O6. The molecule has 0 radical (unpaired) electrons. The monoisotopic (exact) mass is 516 g/mol. The Bertz CT molecular complexity index is 997. The molecule has 2 saturated heterocycles. The van der Waals surface area contributed by atoms with Gasteiger partial charge >= 0.3 is 12.0 Å². The third-order valence-corrected chi connectivity index (χ3v) is 6.94. The smallest absolute Gasteiger partial charge is 0.321 e. The van der Waals surface area contributed by atoms with Crippen LogP contribution in [0, 0.1) is 5.41 Å². The zero-order valence-corrected chi connectivity index (χ0v) is 22.6.